The Labute approximate surface area is 181 Å². The molecule has 7 nitrogen and oxygen atoms in total. The normalized spacial score (nSPS) is 28.8. The minimum absolute atomic E-state index is 0.00573. The summed E-state index contributed by atoms with van der Waals surface area (Å²) in [6.45, 7) is 2.74. The molecule has 2 heterocycles. The van der Waals surface area contributed by atoms with Gasteiger partial charge in [0, 0.05) is 49.4 Å². The van der Waals surface area contributed by atoms with Crippen molar-refractivity contribution in [3.63, 3.8) is 0 Å². The summed E-state index contributed by atoms with van der Waals surface area (Å²) in [5, 5.41) is 14.8. The van der Waals surface area contributed by atoms with E-state index in [0.29, 0.717) is 45.2 Å². The molecule has 3 N–H and O–H groups in total. The Hall–Kier alpha value is -2.29. The Morgan fingerprint density at radius 3 is 2.71 bits per heavy atom. The van der Waals surface area contributed by atoms with Gasteiger partial charge in [-0.1, -0.05) is 12.1 Å². The van der Waals surface area contributed by atoms with Gasteiger partial charge in [-0.05, 0) is 37.0 Å². The van der Waals surface area contributed by atoms with Crippen LogP contribution in [-0.2, 0) is 16.1 Å². The number of nitrogens with one attached hydrogen (secondary N) is 2. The van der Waals surface area contributed by atoms with Crippen LogP contribution in [0.5, 0.6) is 0 Å². The molecule has 3 aliphatic rings. The number of amides is 1. The molecule has 1 aliphatic heterocycles. The molecule has 2 saturated carbocycles. The van der Waals surface area contributed by atoms with Crippen LogP contribution in [0.4, 0.5) is 4.39 Å². The van der Waals surface area contributed by atoms with E-state index in [1.54, 1.807) is 17.0 Å². The number of nitrogens with zero attached hydrogens (tertiary/aromatic N) is 2. The molecule has 2 aromatic rings. The van der Waals surface area contributed by atoms with E-state index >= 15 is 0 Å². The number of H-pyrrole nitrogens is 1. The van der Waals surface area contributed by atoms with Crippen molar-refractivity contribution in [2.24, 2.45) is 5.92 Å². The standard InChI is InChI=1S/C23H29FN4O3/c24-16-5-1-14(2-6-16)12-25-18-11-17(23(30)28-7-9-31-10-8-28)21(29)20(18)19-13-26-22(27-19)15-3-4-15/h1-2,5-6,13,15,17-18,20-21,25,29H,3-4,7-12H2,(H,26,27)/t17-,18+,20+,21+/m0/s1. The molecule has 1 aromatic heterocycles. The number of aliphatic hydroxyl groups excluding tert-OH is 1. The molecule has 1 saturated heterocycles. The maximum absolute atomic E-state index is 13.2. The lowest BCUT2D eigenvalue weighted by Crippen LogP contribution is -2.45. The molecule has 1 amide bonds. The maximum atomic E-state index is 13.2. The third-order valence-corrected chi connectivity index (χ3v) is 6.78. The van der Waals surface area contributed by atoms with Crippen LogP contribution < -0.4 is 5.32 Å². The number of aliphatic hydroxyl groups is 1. The van der Waals surface area contributed by atoms with Gasteiger partial charge in [0.2, 0.25) is 5.91 Å². The first-order valence-electron chi connectivity index (χ1n) is 11.2. The van der Waals surface area contributed by atoms with Gasteiger partial charge in [-0.15, -0.1) is 0 Å². The number of aromatic amines is 1. The van der Waals surface area contributed by atoms with Gasteiger partial charge in [-0.25, -0.2) is 9.37 Å². The second-order valence-electron chi connectivity index (χ2n) is 8.91. The number of ether oxygens (including phenoxy) is 1. The third kappa shape index (κ3) is 4.37. The highest BCUT2D eigenvalue weighted by Crippen LogP contribution is 2.42. The molecule has 1 aromatic carbocycles. The van der Waals surface area contributed by atoms with Crippen molar-refractivity contribution in [1.29, 1.82) is 0 Å². The molecule has 3 fully saturated rings. The van der Waals surface area contributed by atoms with Gasteiger partial charge >= 0.3 is 0 Å². The van der Waals surface area contributed by atoms with Gasteiger partial charge < -0.3 is 25.0 Å². The number of hydrogen-bond acceptors (Lipinski definition) is 5. The fourth-order valence-corrected chi connectivity index (χ4v) is 4.86. The first-order valence-corrected chi connectivity index (χ1v) is 11.2. The minimum atomic E-state index is -0.798. The van der Waals surface area contributed by atoms with Crippen LogP contribution in [0.2, 0.25) is 0 Å². The smallest absolute Gasteiger partial charge is 0.228 e. The topological polar surface area (TPSA) is 90.5 Å². The van der Waals surface area contributed by atoms with E-state index in [0.717, 1.165) is 29.9 Å². The average Bonchev–Trinajstić information content (AvgIpc) is 3.44. The highest BCUT2D eigenvalue weighted by Gasteiger charge is 2.48. The van der Waals surface area contributed by atoms with Crippen LogP contribution in [0, 0.1) is 11.7 Å². The predicted octanol–water partition coefficient (Wildman–Crippen LogP) is 1.91. The summed E-state index contributed by atoms with van der Waals surface area (Å²) < 4.78 is 18.6. The Bertz CT molecular complexity index is 908. The van der Waals surface area contributed by atoms with E-state index in [1.165, 1.54) is 12.1 Å². The van der Waals surface area contributed by atoms with Gasteiger partial charge in [0.15, 0.2) is 0 Å². The van der Waals surface area contributed by atoms with E-state index in [1.807, 2.05) is 6.20 Å². The maximum Gasteiger partial charge on any atom is 0.228 e. The summed E-state index contributed by atoms with van der Waals surface area (Å²) in [4.78, 5) is 22.9. The number of rotatable bonds is 6. The molecule has 8 heteroatoms. The van der Waals surface area contributed by atoms with Gasteiger partial charge in [-0.3, -0.25) is 4.79 Å². The Kier molecular flexibility index (Phi) is 5.77. The first kappa shape index (κ1) is 20.6. The molecule has 2 aliphatic carbocycles. The lowest BCUT2D eigenvalue weighted by Gasteiger charge is -2.30. The summed E-state index contributed by atoms with van der Waals surface area (Å²) in [5.74, 6) is 0.469. The molecule has 0 spiro atoms. The largest absolute Gasteiger partial charge is 0.392 e. The number of imidazole rings is 1. The number of carbonyl (C=O) groups is 1. The fraction of sp³-hybridized carbons (Fsp3) is 0.565. The molecule has 0 bridgehead atoms. The second-order valence-corrected chi connectivity index (χ2v) is 8.91. The van der Waals surface area contributed by atoms with E-state index in [-0.39, 0.29) is 23.7 Å². The van der Waals surface area contributed by atoms with Crippen LogP contribution in [0.15, 0.2) is 30.5 Å². The zero-order valence-corrected chi connectivity index (χ0v) is 17.5. The molecule has 0 unspecified atom stereocenters. The summed E-state index contributed by atoms with van der Waals surface area (Å²) in [6.07, 6.45) is 3.85. The van der Waals surface area contributed by atoms with Crippen LogP contribution in [0.25, 0.3) is 0 Å². The van der Waals surface area contributed by atoms with Gasteiger partial charge in [-0.2, -0.15) is 0 Å². The second kappa shape index (κ2) is 8.68. The van der Waals surface area contributed by atoms with Crippen LogP contribution in [-0.4, -0.2) is 64.3 Å². The van der Waals surface area contributed by atoms with Crippen molar-refractivity contribution in [3.8, 4) is 0 Å². The van der Waals surface area contributed by atoms with E-state index in [2.05, 4.69) is 15.3 Å². The van der Waals surface area contributed by atoms with Crippen molar-refractivity contribution in [3.05, 3.63) is 53.4 Å². The van der Waals surface area contributed by atoms with Crippen molar-refractivity contribution in [2.45, 2.75) is 49.8 Å². The van der Waals surface area contributed by atoms with Crippen molar-refractivity contribution < 1.29 is 19.0 Å². The van der Waals surface area contributed by atoms with Crippen molar-refractivity contribution >= 4 is 5.91 Å². The highest BCUT2D eigenvalue weighted by molar-refractivity contribution is 5.80. The summed E-state index contributed by atoms with van der Waals surface area (Å²) in [7, 11) is 0. The lowest BCUT2D eigenvalue weighted by molar-refractivity contribution is -0.142. The quantitative estimate of drug-likeness (QED) is 0.654. The van der Waals surface area contributed by atoms with Crippen LogP contribution in [0.3, 0.4) is 0 Å². The number of halogens is 1. The first-order chi connectivity index (χ1) is 15.1. The molecule has 4 atom stereocenters. The Morgan fingerprint density at radius 2 is 2.00 bits per heavy atom. The van der Waals surface area contributed by atoms with E-state index in [9.17, 15) is 14.3 Å². The Morgan fingerprint density at radius 1 is 1.26 bits per heavy atom. The zero-order valence-electron chi connectivity index (χ0n) is 17.5. The number of aromatic nitrogens is 2. The number of morpholine rings is 1. The average molecular weight is 429 g/mol. The third-order valence-electron chi connectivity index (χ3n) is 6.78. The summed E-state index contributed by atoms with van der Waals surface area (Å²) >= 11 is 0. The molecular weight excluding hydrogens is 399 g/mol. The van der Waals surface area contributed by atoms with E-state index in [4.69, 9.17) is 4.74 Å². The van der Waals surface area contributed by atoms with Crippen molar-refractivity contribution in [1.82, 2.24) is 20.2 Å². The SMILES string of the molecule is O=C([C@H]1C[C@@H](NCc2ccc(F)cc2)[C@H](c2cnc(C3CC3)[nH]2)[C@@H]1O)N1CCOCC1. The van der Waals surface area contributed by atoms with Crippen LogP contribution in [0.1, 0.15) is 48.2 Å². The Balaban J connectivity index is 1.35. The summed E-state index contributed by atoms with van der Waals surface area (Å²) in [5.41, 5.74) is 1.84. The number of hydrogen-bond donors (Lipinski definition) is 3. The highest BCUT2D eigenvalue weighted by atomic mass is 19.1. The monoisotopic (exact) mass is 428 g/mol. The lowest BCUT2D eigenvalue weighted by atomic mass is 9.95. The molecule has 5 rings (SSSR count). The fourth-order valence-electron chi connectivity index (χ4n) is 4.86. The molecule has 166 valence electrons. The molecular formula is C23H29FN4O3. The van der Waals surface area contributed by atoms with Crippen LogP contribution >= 0.6 is 0 Å². The summed E-state index contributed by atoms with van der Waals surface area (Å²) in [6, 6.07) is 6.29. The van der Waals surface area contributed by atoms with Gasteiger partial charge in [0.05, 0.1) is 25.2 Å². The van der Waals surface area contributed by atoms with Gasteiger partial charge in [0.25, 0.3) is 0 Å². The minimum Gasteiger partial charge on any atom is -0.392 e. The molecule has 0 radical (unpaired) electrons. The number of carbonyl (C=O) groups excluding carboxylic acids is 1. The van der Waals surface area contributed by atoms with E-state index < -0.39 is 12.0 Å². The van der Waals surface area contributed by atoms with Crippen molar-refractivity contribution in [2.75, 3.05) is 26.3 Å². The van der Waals surface area contributed by atoms with Gasteiger partial charge in [0.1, 0.15) is 11.6 Å². The number of benzene rings is 1. The zero-order chi connectivity index (χ0) is 21.4. The molecule has 31 heavy (non-hydrogen) atoms. The predicted molar refractivity (Wildman–Crippen MR) is 112 cm³/mol.